The molecule has 0 bridgehead atoms. The van der Waals surface area contributed by atoms with E-state index in [-0.39, 0.29) is 23.3 Å². The molecule has 29 heavy (non-hydrogen) atoms. The number of rotatable bonds is 7. The summed E-state index contributed by atoms with van der Waals surface area (Å²) < 4.78 is 32.3. The Bertz CT molecular complexity index is 622. The minimum absolute atomic E-state index is 0.114. The molecular weight excluding hydrogens is 388 g/mol. The van der Waals surface area contributed by atoms with Crippen LogP contribution in [0.1, 0.15) is 66.7 Å². The number of guanidine groups is 1. The monoisotopic (exact) mass is 430 g/mol. The van der Waals surface area contributed by atoms with Gasteiger partial charge in [-0.3, -0.25) is 4.99 Å². The van der Waals surface area contributed by atoms with Gasteiger partial charge in [0.25, 0.3) is 0 Å². The fourth-order valence-corrected chi connectivity index (χ4v) is 5.92. The molecular formula is C21H42N4O3S. The second kappa shape index (κ2) is 11.0. The van der Waals surface area contributed by atoms with Crippen LogP contribution in [0.2, 0.25) is 0 Å². The lowest BCUT2D eigenvalue weighted by Gasteiger charge is -2.39. The minimum atomic E-state index is -3.09. The standard InChI is InChI=1S/C21H42N4O3S/c1-6-15-29(26,27)25-12-10-18(11-13-25)24-20(22-7-2)23-16-17-9-8-14-28-19(17)21(3,4)5/h17-19H,6-16H2,1-5H3,(H2,22,23,24). The van der Waals surface area contributed by atoms with E-state index < -0.39 is 10.0 Å². The molecule has 0 radical (unpaired) electrons. The first-order valence-corrected chi connectivity index (χ1v) is 12.9. The first-order chi connectivity index (χ1) is 13.7. The van der Waals surface area contributed by atoms with Crippen molar-refractivity contribution in [2.75, 3.05) is 38.5 Å². The number of ether oxygens (including phenoxy) is 1. The average molecular weight is 431 g/mol. The van der Waals surface area contributed by atoms with Crippen molar-refractivity contribution in [3.05, 3.63) is 0 Å². The number of piperidine rings is 1. The summed E-state index contributed by atoms with van der Waals surface area (Å²) in [5, 5.41) is 6.88. The molecule has 2 fully saturated rings. The molecule has 0 aliphatic carbocycles. The summed E-state index contributed by atoms with van der Waals surface area (Å²) in [6, 6.07) is 0.252. The first-order valence-electron chi connectivity index (χ1n) is 11.3. The summed E-state index contributed by atoms with van der Waals surface area (Å²) in [6.07, 6.45) is 4.77. The van der Waals surface area contributed by atoms with Gasteiger partial charge in [0.15, 0.2) is 5.96 Å². The van der Waals surface area contributed by atoms with Crippen molar-refractivity contribution in [1.82, 2.24) is 14.9 Å². The molecule has 2 rings (SSSR count). The highest BCUT2D eigenvalue weighted by Gasteiger charge is 2.35. The van der Waals surface area contributed by atoms with Crippen LogP contribution in [0.5, 0.6) is 0 Å². The second-order valence-electron chi connectivity index (χ2n) is 9.41. The highest BCUT2D eigenvalue weighted by atomic mass is 32.2. The van der Waals surface area contributed by atoms with Crippen LogP contribution in [-0.4, -0.2) is 69.4 Å². The molecule has 170 valence electrons. The van der Waals surface area contributed by atoms with Gasteiger partial charge in [0.05, 0.1) is 11.9 Å². The van der Waals surface area contributed by atoms with Crippen molar-refractivity contribution in [2.24, 2.45) is 16.3 Å². The maximum absolute atomic E-state index is 12.3. The van der Waals surface area contributed by atoms with Crippen LogP contribution in [0.3, 0.4) is 0 Å². The van der Waals surface area contributed by atoms with Gasteiger partial charge in [-0.25, -0.2) is 12.7 Å². The molecule has 0 aromatic carbocycles. The maximum atomic E-state index is 12.3. The van der Waals surface area contributed by atoms with Gasteiger partial charge < -0.3 is 15.4 Å². The van der Waals surface area contributed by atoms with Crippen LogP contribution in [-0.2, 0) is 14.8 Å². The molecule has 2 saturated heterocycles. The third kappa shape index (κ3) is 7.40. The summed E-state index contributed by atoms with van der Waals surface area (Å²) >= 11 is 0. The Kier molecular flexibility index (Phi) is 9.22. The maximum Gasteiger partial charge on any atom is 0.214 e. The van der Waals surface area contributed by atoms with E-state index in [0.29, 0.717) is 25.4 Å². The largest absolute Gasteiger partial charge is 0.377 e. The Balaban J connectivity index is 1.93. The average Bonchev–Trinajstić information content (AvgIpc) is 2.66. The highest BCUT2D eigenvalue weighted by molar-refractivity contribution is 7.89. The van der Waals surface area contributed by atoms with Crippen LogP contribution in [0.15, 0.2) is 4.99 Å². The molecule has 2 aliphatic heterocycles. The number of nitrogens with zero attached hydrogens (tertiary/aromatic N) is 2. The predicted octanol–water partition coefficient (Wildman–Crippen LogP) is 2.59. The fourth-order valence-electron chi connectivity index (χ4n) is 4.37. The van der Waals surface area contributed by atoms with Gasteiger partial charge in [0, 0.05) is 44.7 Å². The second-order valence-corrected chi connectivity index (χ2v) is 11.5. The quantitative estimate of drug-likeness (QED) is 0.479. The zero-order chi connectivity index (χ0) is 21.5. The van der Waals surface area contributed by atoms with Gasteiger partial charge in [0.2, 0.25) is 10.0 Å². The lowest BCUT2D eigenvalue weighted by atomic mass is 9.78. The molecule has 0 saturated carbocycles. The molecule has 0 amide bonds. The van der Waals surface area contributed by atoms with Crippen LogP contribution in [0, 0.1) is 11.3 Å². The number of sulfonamides is 1. The van der Waals surface area contributed by atoms with Crippen LogP contribution in [0.25, 0.3) is 0 Å². The molecule has 2 heterocycles. The molecule has 2 N–H and O–H groups in total. The number of hydrogen-bond acceptors (Lipinski definition) is 4. The topological polar surface area (TPSA) is 83.0 Å². The summed E-state index contributed by atoms with van der Waals surface area (Å²) in [6.45, 7) is 14.3. The molecule has 8 heteroatoms. The lowest BCUT2D eigenvalue weighted by Crippen LogP contribution is -2.50. The Labute approximate surface area is 178 Å². The third-order valence-corrected chi connectivity index (χ3v) is 7.85. The van der Waals surface area contributed by atoms with E-state index in [1.165, 1.54) is 0 Å². The molecule has 2 atom stereocenters. The Hall–Kier alpha value is -0.860. The van der Waals surface area contributed by atoms with Crippen molar-refractivity contribution in [3.8, 4) is 0 Å². The Morgan fingerprint density at radius 3 is 2.45 bits per heavy atom. The van der Waals surface area contributed by atoms with Crippen LogP contribution >= 0.6 is 0 Å². The van der Waals surface area contributed by atoms with Gasteiger partial charge in [-0.05, 0) is 44.4 Å². The molecule has 0 aromatic rings. The molecule has 2 unspecified atom stereocenters. The molecule has 2 aliphatic rings. The van der Waals surface area contributed by atoms with Gasteiger partial charge in [-0.15, -0.1) is 0 Å². The van der Waals surface area contributed by atoms with E-state index in [9.17, 15) is 8.42 Å². The van der Waals surface area contributed by atoms with Gasteiger partial charge in [-0.1, -0.05) is 27.7 Å². The van der Waals surface area contributed by atoms with E-state index in [0.717, 1.165) is 51.3 Å². The number of nitrogens with one attached hydrogen (secondary N) is 2. The van der Waals surface area contributed by atoms with Crippen molar-refractivity contribution in [1.29, 1.82) is 0 Å². The highest BCUT2D eigenvalue weighted by Crippen LogP contribution is 2.34. The van der Waals surface area contributed by atoms with E-state index >= 15 is 0 Å². The zero-order valence-electron chi connectivity index (χ0n) is 19.0. The summed E-state index contributed by atoms with van der Waals surface area (Å²) in [5.74, 6) is 1.51. The van der Waals surface area contributed by atoms with Crippen LogP contribution < -0.4 is 10.6 Å². The van der Waals surface area contributed by atoms with Gasteiger partial charge >= 0.3 is 0 Å². The molecule has 0 aromatic heterocycles. The van der Waals surface area contributed by atoms with Gasteiger partial charge in [0.1, 0.15) is 0 Å². The number of aliphatic imine (C=N–C) groups is 1. The summed E-state index contributed by atoms with van der Waals surface area (Å²) in [5.41, 5.74) is 0.114. The zero-order valence-corrected chi connectivity index (χ0v) is 19.9. The van der Waals surface area contributed by atoms with Crippen molar-refractivity contribution in [3.63, 3.8) is 0 Å². The van der Waals surface area contributed by atoms with Crippen molar-refractivity contribution < 1.29 is 13.2 Å². The van der Waals surface area contributed by atoms with Crippen molar-refractivity contribution in [2.45, 2.75) is 78.9 Å². The van der Waals surface area contributed by atoms with E-state index in [2.05, 4.69) is 38.3 Å². The normalized spacial score (nSPS) is 25.8. The SMILES string of the molecule is CCCS(=O)(=O)N1CCC(NC(=NCC2CCCOC2C(C)(C)C)NCC)CC1. The molecule has 7 nitrogen and oxygen atoms in total. The minimum Gasteiger partial charge on any atom is -0.377 e. The molecule has 0 spiro atoms. The predicted molar refractivity (Wildman–Crippen MR) is 120 cm³/mol. The van der Waals surface area contributed by atoms with Crippen LogP contribution in [0.4, 0.5) is 0 Å². The third-order valence-electron chi connectivity index (χ3n) is 5.78. The smallest absolute Gasteiger partial charge is 0.214 e. The van der Waals surface area contributed by atoms with Crippen molar-refractivity contribution >= 4 is 16.0 Å². The van der Waals surface area contributed by atoms with Gasteiger partial charge in [-0.2, -0.15) is 0 Å². The summed E-state index contributed by atoms with van der Waals surface area (Å²) in [7, 11) is -3.09. The Morgan fingerprint density at radius 1 is 1.17 bits per heavy atom. The lowest BCUT2D eigenvalue weighted by molar-refractivity contribution is -0.0823. The van der Waals surface area contributed by atoms with E-state index in [4.69, 9.17) is 9.73 Å². The number of hydrogen-bond donors (Lipinski definition) is 2. The van der Waals surface area contributed by atoms with E-state index in [1.54, 1.807) is 4.31 Å². The summed E-state index contributed by atoms with van der Waals surface area (Å²) in [4.78, 5) is 4.87. The first kappa shape index (κ1) is 24.4. The fraction of sp³-hybridized carbons (Fsp3) is 0.952. The Morgan fingerprint density at radius 2 is 1.86 bits per heavy atom. The van der Waals surface area contributed by atoms with E-state index in [1.807, 2.05) is 6.92 Å².